The number of nitrogens with one attached hydrogen (secondary N) is 1. The topological polar surface area (TPSA) is 47.1 Å². The first kappa shape index (κ1) is 10.8. The molecule has 84 valence electrons. The van der Waals surface area contributed by atoms with Crippen LogP contribution in [0.15, 0.2) is 24.5 Å². The second-order valence-corrected chi connectivity index (χ2v) is 3.48. The molecule has 0 amide bonds. The van der Waals surface area contributed by atoms with Gasteiger partial charge in [0.25, 0.3) is 0 Å². The van der Waals surface area contributed by atoms with Crippen LogP contribution in [-0.4, -0.2) is 24.2 Å². The van der Waals surface area contributed by atoms with Gasteiger partial charge in [0.05, 0.1) is 19.2 Å². The summed E-state index contributed by atoms with van der Waals surface area (Å²) in [6, 6.07) is 3.63. The molecule has 0 spiro atoms. The van der Waals surface area contributed by atoms with Gasteiger partial charge in [-0.1, -0.05) is 11.6 Å². The van der Waals surface area contributed by atoms with Gasteiger partial charge in [0, 0.05) is 18.0 Å². The number of hydrogen-bond donors (Lipinski definition) is 1. The third kappa shape index (κ3) is 1.72. The van der Waals surface area contributed by atoms with E-state index in [0.717, 1.165) is 5.56 Å². The number of nitrogens with zero attached hydrogens (tertiary/aromatic N) is 1. The maximum atomic E-state index is 6.22. The number of imidazole rings is 1. The SMILES string of the molecule is COc1ccc(-c2ncc[nH]2)c(Cl)c1OC. The van der Waals surface area contributed by atoms with Crippen molar-refractivity contribution in [1.29, 1.82) is 0 Å². The fraction of sp³-hybridized carbons (Fsp3) is 0.182. The fourth-order valence-corrected chi connectivity index (χ4v) is 1.81. The van der Waals surface area contributed by atoms with Crippen molar-refractivity contribution in [2.45, 2.75) is 0 Å². The summed E-state index contributed by atoms with van der Waals surface area (Å²) in [7, 11) is 3.12. The number of methoxy groups -OCH3 is 2. The minimum Gasteiger partial charge on any atom is -0.493 e. The molecular weight excluding hydrogens is 228 g/mol. The van der Waals surface area contributed by atoms with Crippen molar-refractivity contribution in [3.05, 3.63) is 29.5 Å². The normalized spacial score (nSPS) is 10.2. The first-order valence-electron chi connectivity index (χ1n) is 4.68. The molecule has 0 aliphatic rings. The van der Waals surface area contributed by atoms with Crippen LogP contribution in [0.5, 0.6) is 11.5 Å². The summed E-state index contributed by atoms with van der Waals surface area (Å²) in [6.45, 7) is 0. The molecule has 0 aliphatic carbocycles. The molecule has 2 rings (SSSR count). The zero-order valence-electron chi connectivity index (χ0n) is 8.95. The van der Waals surface area contributed by atoms with Crippen LogP contribution < -0.4 is 9.47 Å². The number of aromatic amines is 1. The summed E-state index contributed by atoms with van der Waals surface area (Å²) in [4.78, 5) is 7.13. The Kier molecular flexibility index (Phi) is 3.01. The minimum atomic E-state index is 0.483. The number of ether oxygens (including phenoxy) is 2. The van der Waals surface area contributed by atoms with Crippen molar-refractivity contribution in [2.24, 2.45) is 0 Å². The van der Waals surface area contributed by atoms with Crippen molar-refractivity contribution < 1.29 is 9.47 Å². The van der Waals surface area contributed by atoms with Gasteiger partial charge in [0.2, 0.25) is 0 Å². The van der Waals surface area contributed by atoms with Crippen LogP contribution in [0.25, 0.3) is 11.4 Å². The average Bonchev–Trinajstić information content (AvgIpc) is 2.81. The smallest absolute Gasteiger partial charge is 0.180 e. The molecule has 1 aromatic heterocycles. The summed E-state index contributed by atoms with van der Waals surface area (Å²) < 4.78 is 10.4. The molecule has 0 saturated carbocycles. The van der Waals surface area contributed by atoms with Crippen molar-refractivity contribution in [3.63, 3.8) is 0 Å². The summed E-state index contributed by atoms with van der Waals surface area (Å²) in [5.41, 5.74) is 0.782. The maximum Gasteiger partial charge on any atom is 0.180 e. The van der Waals surface area contributed by atoms with E-state index in [2.05, 4.69) is 9.97 Å². The number of aromatic nitrogens is 2. The zero-order valence-corrected chi connectivity index (χ0v) is 9.71. The molecule has 0 bridgehead atoms. The minimum absolute atomic E-state index is 0.483. The Balaban J connectivity index is 2.57. The fourth-order valence-electron chi connectivity index (χ4n) is 1.48. The van der Waals surface area contributed by atoms with Gasteiger partial charge in [-0.3, -0.25) is 0 Å². The largest absolute Gasteiger partial charge is 0.493 e. The molecule has 0 aliphatic heterocycles. The van der Waals surface area contributed by atoms with Gasteiger partial charge >= 0.3 is 0 Å². The highest BCUT2D eigenvalue weighted by Gasteiger charge is 2.15. The van der Waals surface area contributed by atoms with E-state index < -0.39 is 0 Å². The number of benzene rings is 1. The Morgan fingerprint density at radius 1 is 1.25 bits per heavy atom. The third-order valence-electron chi connectivity index (χ3n) is 2.24. The Bertz CT molecular complexity index is 483. The van der Waals surface area contributed by atoms with Gasteiger partial charge < -0.3 is 14.5 Å². The highest BCUT2D eigenvalue weighted by atomic mass is 35.5. The Labute approximate surface area is 98.2 Å². The molecule has 0 atom stereocenters. The van der Waals surface area contributed by atoms with E-state index >= 15 is 0 Å². The molecule has 5 heteroatoms. The van der Waals surface area contributed by atoms with Gasteiger partial charge in [0.1, 0.15) is 5.82 Å². The molecule has 1 aromatic carbocycles. The lowest BCUT2D eigenvalue weighted by atomic mass is 10.2. The first-order chi connectivity index (χ1) is 7.77. The first-order valence-corrected chi connectivity index (χ1v) is 5.06. The van der Waals surface area contributed by atoms with E-state index in [1.54, 1.807) is 32.7 Å². The van der Waals surface area contributed by atoms with Gasteiger partial charge in [-0.25, -0.2) is 4.98 Å². The lowest BCUT2D eigenvalue weighted by Gasteiger charge is -2.11. The van der Waals surface area contributed by atoms with Crippen molar-refractivity contribution in [1.82, 2.24) is 9.97 Å². The standard InChI is InChI=1S/C11H11ClN2O2/c1-15-8-4-3-7(9(12)10(8)16-2)11-13-5-6-14-11/h3-6H,1-2H3,(H,13,14). The predicted octanol–water partition coefficient (Wildman–Crippen LogP) is 2.75. The number of hydrogen-bond acceptors (Lipinski definition) is 3. The number of rotatable bonds is 3. The second kappa shape index (κ2) is 4.45. The Morgan fingerprint density at radius 2 is 2.06 bits per heavy atom. The molecule has 16 heavy (non-hydrogen) atoms. The van der Waals surface area contributed by atoms with Crippen LogP contribution >= 0.6 is 11.6 Å². The second-order valence-electron chi connectivity index (χ2n) is 3.10. The van der Waals surface area contributed by atoms with E-state index in [4.69, 9.17) is 21.1 Å². The van der Waals surface area contributed by atoms with Crippen LogP contribution in [0.1, 0.15) is 0 Å². The molecular formula is C11H11ClN2O2. The molecule has 1 heterocycles. The molecule has 1 N–H and O–H groups in total. The van der Waals surface area contributed by atoms with Crippen LogP contribution in [0, 0.1) is 0 Å². The summed E-state index contributed by atoms with van der Waals surface area (Å²) in [5, 5.41) is 0.483. The number of H-pyrrole nitrogens is 1. The molecule has 0 unspecified atom stereocenters. The van der Waals surface area contributed by atoms with E-state index in [1.807, 2.05) is 6.07 Å². The van der Waals surface area contributed by atoms with Crippen LogP contribution in [0.2, 0.25) is 5.02 Å². The van der Waals surface area contributed by atoms with E-state index in [9.17, 15) is 0 Å². The lowest BCUT2D eigenvalue weighted by Crippen LogP contribution is -1.93. The van der Waals surface area contributed by atoms with Gasteiger partial charge in [-0.2, -0.15) is 0 Å². The lowest BCUT2D eigenvalue weighted by molar-refractivity contribution is 0.355. The van der Waals surface area contributed by atoms with Gasteiger partial charge in [-0.15, -0.1) is 0 Å². The molecule has 2 aromatic rings. The van der Waals surface area contributed by atoms with E-state index in [1.165, 1.54) is 0 Å². The van der Waals surface area contributed by atoms with Gasteiger partial charge in [-0.05, 0) is 12.1 Å². The Hall–Kier alpha value is -1.68. The predicted molar refractivity (Wildman–Crippen MR) is 62.1 cm³/mol. The van der Waals surface area contributed by atoms with Gasteiger partial charge in [0.15, 0.2) is 11.5 Å². The van der Waals surface area contributed by atoms with Crippen LogP contribution in [-0.2, 0) is 0 Å². The van der Waals surface area contributed by atoms with E-state index in [-0.39, 0.29) is 0 Å². The van der Waals surface area contributed by atoms with Crippen molar-refractivity contribution in [2.75, 3.05) is 14.2 Å². The zero-order chi connectivity index (χ0) is 11.5. The summed E-state index contributed by atoms with van der Waals surface area (Å²) in [6.07, 6.45) is 3.41. The quantitative estimate of drug-likeness (QED) is 0.895. The van der Waals surface area contributed by atoms with Crippen LogP contribution in [0.4, 0.5) is 0 Å². The van der Waals surface area contributed by atoms with Crippen molar-refractivity contribution in [3.8, 4) is 22.9 Å². The highest BCUT2D eigenvalue weighted by molar-refractivity contribution is 6.35. The molecule has 0 radical (unpaired) electrons. The summed E-state index contributed by atoms with van der Waals surface area (Å²) in [5.74, 6) is 1.81. The average molecular weight is 239 g/mol. The Morgan fingerprint density at radius 3 is 2.62 bits per heavy atom. The molecule has 0 fully saturated rings. The maximum absolute atomic E-state index is 6.22. The van der Waals surface area contributed by atoms with Crippen molar-refractivity contribution >= 4 is 11.6 Å². The highest BCUT2D eigenvalue weighted by Crippen LogP contribution is 2.40. The van der Waals surface area contributed by atoms with Crippen LogP contribution in [0.3, 0.4) is 0 Å². The summed E-state index contributed by atoms with van der Waals surface area (Å²) >= 11 is 6.22. The molecule has 4 nitrogen and oxygen atoms in total. The number of halogens is 1. The molecule has 0 saturated heterocycles. The monoisotopic (exact) mass is 238 g/mol. The van der Waals surface area contributed by atoms with E-state index in [0.29, 0.717) is 22.3 Å². The third-order valence-corrected chi connectivity index (χ3v) is 2.61.